The molecular formula is C15H24IN3O. The summed E-state index contributed by atoms with van der Waals surface area (Å²) in [6.45, 7) is 7.11. The smallest absolute Gasteiger partial charge is 0.188 e. The fourth-order valence-electron chi connectivity index (χ4n) is 1.58. The minimum Gasteiger partial charge on any atom is -0.497 e. The van der Waals surface area contributed by atoms with Crippen LogP contribution in [-0.2, 0) is 6.42 Å². The van der Waals surface area contributed by atoms with Gasteiger partial charge < -0.3 is 15.8 Å². The average Bonchev–Trinajstić information content (AvgIpc) is 2.42. The van der Waals surface area contributed by atoms with Gasteiger partial charge in [0.15, 0.2) is 5.96 Å². The zero-order chi connectivity index (χ0) is 14.1. The fraction of sp³-hybridized carbons (Fsp3) is 0.400. The van der Waals surface area contributed by atoms with Crippen LogP contribution in [0.5, 0.6) is 5.75 Å². The van der Waals surface area contributed by atoms with Gasteiger partial charge in [-0.1, -0.05) is 24.3 Å². The van der Waals surface area contributed by atoms with Crippen molar-refractivity contribution in [2.75, 3.05) is 20.2 Å². The molecule has 1 aromatic rings. The van der Waals surface area contributed by atoms with Crippen molar-refractivity contribution in [1.29, 1.82) is 0 Å². The van der Waals surface area contributed by atoms with Gasteiger partial charge in [-0.2, -0.15) is 0 Å². The van der Waals surface area contributed by atoms with E-state index in [1.54, 1.807) is 7.11 Å². The first kappa shape index (κ1) is 18.8. The molecule has 3 N–H and O–H groups in total. The highest BCUT2D eigenvalue weighted by Gasteiger charge is 1.96. The predicted molar refractivity (Wildman–Crippen MR) is 96.0 cm³/mol. The first-order chi connectivity index (χ1) is 9.11. The second kappa shape index (κ2) is 10.5. The fourth-order valence-corrected chi connectivity index (χ4v) is 1.58. The normalized spacial score (nSPS) is 10.6. The summed E-state index contributed by atoms with van der Waals surface area (Å²) in [4.78, 5) is 4.16. The SMILES string of the molecule is C=C(C)CN=C(N)NCCCc1ccc(OC)cc1.I. The molecule has 0 saturated heterocycles. The molecule has 0 fully saturated rings. The maximum Gasteiger partial charge on any atom is 0.188 e. The lowest BCUT2D eigenvalue weighted by molar-refractivity contribution is 0.414. The van der Waals surface area contributed by atoms with Gasteiger partial charge in [0.05, 0.1) is 13.7 Å². The van der Waals surface area contributed by atoms with Crippen LogP contribution in [0.25, 0.3) is 0 Å². The van der Waals surface area contributed by atoms with E-state index in [9.17, 15) is 0 Å². The Bertz CT molecular complexity index is 429. The van der Waals surface area contributed by atoms with Crippen LogP contribution in [-0.4, -0.2) is 26.2 Å². The van der Waals surface area contributed by atoms with Crippen molar-refractivity contribution in [3.63, 3.8) is 0 Å². The zero-order valence-electron chi connectivity index (χ0n) is 12.2. The third-order valence-electron chi connectivity index (χ3n) is 2.63. The van der Waals surface area contributed by atoms with Gasteiger partial charge in [0.2, 0.25) is 0 Å². The summed E-state index contributed by atoms with van der Waals surface area (Å²) in [6.07, 6.45) is 2.01. The van der Waals surface area contributed by atoms with Crippen LogP contribution in [0.4, 0.5) is 0 Å². The molecule has 4 nitrogen and oxygen atoms in total. The second-order valence-corrected chi connectivity index (χ2v) is 4.54. The van der Waals surface area contributed by atoms with E-state index in [-0.39, 0.29) is 24.0 Å². The maximum atomic E-state index is 5.72. The molecule has 0 aromatic heterocycles. The molecule has 1 rings (SSSR count). The monoisotopic (exact) mass is 389 g/mol. The van der Waals surface area contributed by atoms with Gasteiger partial charge in [0, 0.05) is 6.54 Å². The summed E-state index contributed by atoms with van der Waals surface area (Å²) in [7, 11) is 1.67. The summed E-state index contributed by atoms with van der Waals surface area (Å²) in [6, 6.07) is 8.12. The van der Waals surface area contributed by atoms with Gasteiger partial charge in [0.1, 0.15) is 5.75 Å². The first-order valence-corrected chi connectivity index (χ1v) is 6.43. The number of nitrogens with zero attached hydrogens (tertiary/aromatic N) is 1. The lowest BCUT2D eigenvalue weighted by Gasteiger charge is -2.06. The Hall–Kier alpha value is -1.24. The molecule has 0 radical (unpaired) electrons. The first-order valence-electron chi connectivity index (χ1n) is 6.43. The topological polar surface area (TPSA) is 59.6 Å². The van der Waals surface area contributed by atoms with Gasteiger partial charge in [0.25, 0.3) is 0 Å². The van der Waals surface area contributed by atoms with E-state index in [4.69, 9.17) is 10.5 Å². The molecule has 0 aliphatic heterocycles. The van der Waals surface area contributed by atoms with Crippen LogP contribution in [0.2, 0.25) is 0 Å². The Morgan fingerprint density at radius 2 is 2.00 bits per heavy atom. The van der Waals surface area contributed by atoms with Crippen molar-refractivity contribution in [3.05, 3.63) is 42.0 Å². The second-order valence-electron chi connectivity index (χ2n) is 4.54. The van der Waals surface area contributed by atoms with Crippen molar-refractivity contribution in [2.24, 2.45) is 10.7 Å². The molecule has 0 aliphatic rings. The van der Waals surface area contributed by atoms with Crippen LogP contribution >= 0.6 is 24.0 Å². The Balaban J connectivity index is 0.00000361. The van der Waals surface area contributed by atoms with Crippen LogP contribution in [0.3, 0.4) is 0 Å². The van der Waals surface area contributed by atoms with Crippen LogP contribution in [0, 0.1) is 0 Å². The van der Waals surface area contributed by atoms with E-state index >= 15 is 0 Å². The van der Waals surface area contributed by atoms with Crippen LogP contribution in [0.15, 0.2) is 41.4 Å². The summed E-state index contributed by atoms with van der Waals surface area (Å²) in [5.74, 6) is 1.37. The molecule has 0 aliphatic carbocycles. The van der Waals surface area contributed by atoms with Gasteiger partial charge in [-0.05, 0) is 37.5 Å². The van der Waals surface area contributed by atoms with Gasteiger partial charge in [-0.3, -0.25) is 0 Å². The summed E-state index contributed by atoms with van der Waals surface area (Å²) >= 11 is 0. The van der Waals surface area contributed by atoms with Crippen LogP contribution < -0.4 is 15.8 Å². The predicted octanol–water partition coefficient (Wildman–Crippen LogP) is 2.73. The Kier molecular flexibility index (Phi) is 9.88. The van der Waals surface area contributed by atoms with Gasteiger partial charge >= 0.3 is 0 Å². The lowest BCUT2D eigenvalue weighted by Crippen LogP contribution is -2.32. The molecule has 0 atom stereocenters. The molecule has 0 bridgehead atoms. The molecule has 0 saturated carbocycles. The highest BCUT2D eigenvalue weighted by Crippen LogP contribution is 2.12. The summed E-state index contributed by atoms with van der Waals surface area (Å²) in [5, 5.41) is 3.09. The molecule has 0 amide bonds. The number of nitrogens with one attached hydrogen (secondary N) is 1. The lowest BCUT2D eigenvalue weighted by atomic mass is 10.1. The van der Waals surface area contributed by atoms with Crippen molar-refractivity contribution in [2.45, 2.75) is 19.8 Å². The number of guanidine groups is 1. The minimum absolute atomic E-state index is 0. The Morgan fingerprint density at radius 1 is 1.35 bits per heavy atom. The Labute approximate surface area is 138 Å². The quantitative estimate of drug-likeness (QED) is 0.248. The number of ether oxygens (including phenoxy) is 1. The summed E-state index contributed by atoms with van der Waals surface area (Å²) < 4.78 is 5.12. The molecule has 0 spiro atoms. The number of aliphatic imine (C=N–C) groups is 1. The highest BCUT2D eigenvalue weighted by molar-refractivity contribution is 14.0. The molecule has 5 heteroatoms. The number of nitrogens with two attached hydrogens (primary N) is 1. The Morgan fingerprint density at radius 3 is 2.55 bits per heavy atom. The maximum absolute atomic E-state index is 5.72. The largest absolute Gasteiger partial charge is 0.497 e. The molecular weight excluding hydrogens is 365 g/mol. The van der Waals surface area contributed by atoms with E-state index in [1.165, 1.54) is 5.56 Å². The number of halogens is 1. The van der Waals surface area contributed by atoms with E-state index in [0.717, 1.165) is 30.7 Å². The van der Waals surface area contributed by atoms with E-state index < -0.39 is 0 Å². The van der Waals surface area contributed by atoms with Crippen molar-refractivity contribution in [3.8, 4) is 5.75 Å². The standard InChI is InChI=1S/C15H23N3O.HI/c1-12(2)11-18-15(16)17-10-4-5-13-6-8-14(19-3)9-7-13;/h6-9H,1,4-5,10-11H2,2-3H3,(H3,16,17,18);1H. The zero-order valence-corrected chi connectivity index (χ0v) is 14.5. The van der Waals surface area contributed by atoms with Crippen molar-refractivity contribution < 1.29 is 4.74 Å². The number of methoxy groups -OCH3 is 1. The summed E-state index contributed by atoms with van der Waals surface area (Å²) in [5.41, 5.74) is 8.02. The third kappa shape index (κ3) is 8.04. The highest BCUT2D eigenvalue weighted by atomic mass is 127. The molecule has 0 unspecified atom stereocenters. The van der Waals surface area contributed by atoms with Crippen LogP contribution in [0.1, 0.15) is 18.9 Å². The molecule has 20 heavy (non-hydrogen) atoms. The van der Waals surface area contributed by atoms with Gasteiger partial charge in [-0.25, -0.2) is 4.99 Å². The molecule has 1 aromatic carbocycles. The number of benzene rings is 1. The number of hydrogen-bond acceptors (Lipinski definition) is 2. The minimum atomic E-state index is 0. The molecule has 112 valence electrons. The van der Waals surface area contributed by atoms with Crippen molar-refractivity contribution in [1.82, 2.24) is 5.32 Å². The number of aryl methyl sites for hydroxylation is 1. The van der Waals surface area contributed by atoms with Gasteiger partial charge in [-0.15, -0.1) is 24.0 Å². The average molecular weight is 389 g/mol. The number of rotatable bonds is 7. The number of hydrogen-bond donors (Lipinski definition) is 2. The van der Waals surface area contributed by atoms with Crippen molar-refractivity contribution >= 4 is 29.9 Å². The third-order valence-corrected chi connectivity index (χ3v) is 2.63. The van der Waals surface area contributed by atoms with E-state index in [2.05, 4.69) is 29.0 Å². The van der Waals surface area contributed by atoms with E-state index in [1.807, 2.05) is 19.1 Å². The molecule has 0 heterocycles. The van der Waals surface area contributed by atoms with E-state index in [0.29, 0.717) is 12.5 Å².